The SMILES string of the molecule is CCNC(=NCc1ccon1)NCC(C)c1ccsc1. The fourth-order valence-corrected chi connectivity index (χ4v) is 2.53. The van der Waals surface area contributed by atoms with Gasteiger partial charge in [0.05, 0.1) is 6.54 Å². The number of rotatable bonds is 6. The highest BCUT2D eigenvalue weighted by Gasteiger charge is 2.07. The van der Waals surface area contributed by atoms with E-state index >= 15 is 0 Å². The van der Waals surface area contributed by atoms with Crippen LogP contribution < -0.4 is 10.6 Å². The summed E-state index contributed by atoms with van der Waals surface area (Å²) in [6, 6.07) is 3.98. The van der Waals surface area contributed by atoms with Gasteiger partial charge in [0, 0.05) is 19.2 Å². The summed E-state index contributed by atoms with van der Waals surface area (Å²) in [5.41, 5.74) is 2.18. The number of thiophene rings is 1. The zero-order valence-electron chi connectivity index (χ0n) is 11.8. The van der Waals surface area contributed by atoms with Crippen LogP contribution in [0.25, 0.3) is 0 Å². The molecule has 0 amide bonds. The van der Waals surface area contributed by atoms with E-state index in [0.29, 0.717) is 12.5 Å². The second kappa shape index (κ2) is 7.69. The highest BCUT2D eigenvalue weighted by atomic mass is 32.1. The van der Waals surface area contributed by atoms with E-state index in [0.717, 1.165) is 24.7 Å². The Kier molecular flexibility index (Phi) is 5.61. The first-order valence-corrected chi connectivity index (χ1v) is 7.67. The van der Waals surface area contributed by atoms with E-state index in [1.54, 1.807) is 17.6 Å². The highest BCUT2D eigenvalue weighted by molar-refractivity contribution is 7.07. The van der Waals surface area contributed by atoms with Crippen molar-refractivity contribution >= 4 is 17.3 Å². The van der Waals surface area contributed by atoms with Crippen LogP contribution in [0.15, 0.2) is 38.7 Å². The van der Waals surface area contributed by atoms with Crippen molar-refractivity contribution in [2.75, 3.05) is 13.1 Å². The molecule has 2 N–H and O–H groups in total. The van der Waals surface area contributed by atoms with Crippen LogP contribution in [-0.4, -0.2) is 24.2 Å². The number of aliphatic imine (C=N–C) groups is 1. The van der Waals surface area contributed by atoms with E-state index in [1.807, 2.05) is 6.07 Å². The fraction of sp³-hybridized carbons (Fsp3) is 0.429. The van der Waals surface area contributed by atoms with E-state index in [9.17, 15) is 0 Å². The van der Waals surface area contributed by atoms with Crippen molar-refractivity contribution in [1.29, 1.82) is 0 Å². The third kappa shape index (κ3) is 4.38. The molecule has 2 aromatic rings. The van der Waals surface area contributed by atoms with Gasteiger partial charge in [-0.3, -0.25) is 0 Å². The second-order valence-corrected chi connectivity index (χ2v) is 5.30. The molecule has 2 aromatic heterocycles. The summed E-state index contributed by atoms with van der Waals surface area (Å²) in [5, 5.41) is 14.7. The summed E-state index contributed by atoms with van der Waals surface area (Å²) >= 11 is 1.73. The number of hydrogen-bond acceptors (Lipinski definition) is 4. The molecule has 1 unspecified atom stereocenters. The highest BCUT2D eigenvalue weighted by Crippen LogP contribution is 2.16. The molecule has 1 atom stereocenters. The maximum Gasteiger partial charge on any atom is 0.191 e. The molecule has 0 fully saturated rings. The largest absolute Gasteiger partial charge is 0.364 e. The second-order valence-electron chi connectivity index (χ2n) is 4.52. The molecule has 0 spiro atoms. The van der Waals surface area contributed by atoms with Crippen molar-refractivity contribution in [3.05, 3.63) is 40.4 Å². The fourth-order valence-electron chi connectivity index (χ4n) is 1.74. The predicted molar refractivity (Wildman–Crippen MR) is 82.1 cm³/mol. The predicted octanol–water partition coefficient (Wildman–Crippen LogP) is 2.59. The maximum atomic E-state index is 4.79. The van der Waals surface area contributed by atoms with Crippen molar-refractivity contribution in [3.8, 4) is 0 Å². The van der Waals surface area contributed by atoms with Crippen LogP contribution >= 0.6 is 11.3 Å². The average Bonchev–Trinajstić information content (AvgIpc) is 3.13. The molecule has 5 nitrogen and oxygen atoms in total. The molecule has 0 saturated heterocycles. The van der Waals surface area contributed by atoms with Gasteiger partial charge in [-0.25, -0.2) is 4.99 Å². The van der Waals surface area contributed by atoms with Crippen LogP contribution in [0, 0.1) is 0 Å². The summed E-state index contributed by atoms with van der Waals surface area (Å²) < 4.78 is 4.79. The van der Waals surface area contributed by atoms with Crippen molar-refractivity contribution in [3.63, 3.8) is 0 Å². The van der Waals surface area contributed by atoms with Gasteiger partial charge in [-0.05, 0) is 35.2 Å². The Morgan fingerprint density at radius 2 is 2.35 bits per heavy atom. The van der Waals surface area contributed by atoms with E-state index in [4.69, 9.17) is 4.52 Å². The molecule has 6 heteroatoms. The van der Waals surface area contributed by atoms with Crippen LogP contribution in [0.5, 0.6) is 0 Å². The Labute approximate surface area is 123 Å². The summed E-state index contributed by atoms with van der Waals surface area (Å²) in [7, 11) is 0. The molecule has 2 heterocycles. The minimum absolute atomic E-state index is 0.456. The molecule has 2 rings (SSSR count). The first-order chi connectivity index (χ1) is 9.79. The van der Waals surface area contributed by atoms with Crippen molar-refractivity contribution < 1.29 is 4.52 Å². The number of aromatic nitrogens is 1. The number of hydrogen-bond donors (Lipinski definition) is 2. The lowest BCUT2D eigenvalue weighted by molar-refractivity contribution is 0.412. The quantitative estimate of drug-likeness (QED) is 0.634. The molecular formula is C14H20N4OS. The topological polar surface area (TPSA) is 62.5 Å². The standard InChI is InChI=1S/C14H20N4OS/c1-3-15-14(17-9-13-4-6-19-18-13)16-8-11(2)12-5-7-20-10-12/h4-7,10-11H,3,8-9H2,1-2H3,(H2,15,16,17). The lowest BCUT2D eigenvalue weighted by Crippen LogP contribution is -2.39. The van der Waals surface area contributed by atoms with Gasteiger partial charge in [-0.2, -0.15) is 11.3 Å². The zero-order chi connectivity index (χ0) is 14.2. The zero-order valence-corrected chi connectivity index (χ0v) is 12.6. The molecule has 20 heavy (non-hydrogen) atoms. The van der Waals surface area contributed by atoms with Crippen LogP contribution in [0.1, 0.15) is 31.0 Å². The van der Waals surface area contributed by atoms with Gasteiger partial charge in [0.1, 0.15) is 12.0 Å². The van der Waals surface area contributed by atoms with E-state index < -0.39 is 0 Å². The average molecular weight is 292 g/mol. The van der Waals surface area contributed by atoms with E-state index in [1.165, 1.54) is 5.56 Å². The molecule has 0 aliphatic rings. The van der Waals surface area contributed by atoms with Gasteiger partial charge >= 0.3 is 0 Å². The Hall–Kier alpha value is -1.82. The van der Waals surface area contributed by atoms with Crippen molar-refractivity contribution in [1.82, 2.24) is 15.8 Å². The number of nitrogens with zero attached hydrogens (tertiary/aromatic N) is 2. The van der Waals surface area contributed by atoms with Gasteiger partial charge in [0.25, 0.3) is 0 Å². The third-order valence-corrected chi connectivity index (χ3v) is 3.62. The number of guanidine groups is 1. The van der Waals surface area contributed by atoms with Crippen molar-refractivity contribution in [2.24, 2.45) is 4.99 Å². The summed E-state index contributed by atoms with van der Waals surface area (Å²) in [5.74, 6) is 1.26. The summed E-state index contributed by atoms with van der Waals surface area (Å²) in [6.45, 7) is 6.45. The van der Waals surface area contributed by atoms with Gasteiger partial charge < -0.3 is 15.2 Å². The van der Waals surface area contributed by atoms with Gasteiger partial charge in [0.2, 0.25) is 0 Å². The minimum Gasteiger partial charge on any atom is -0.364 e. The molecule has 108 valence electrons. The lowest BCUT2D eigenvalue weighted by Gasteiger charge is -2.15. The molecule has 0 aromatic carbocycles. The molecular weight excluding hydrogens is 272 g/mol. The normalized spacial score (nSPS) is 13.2. The smallest absolute Gasteiger partial charge is 0.191 e. The Balaban J connectivity index is 1.87. The monoisotopic (exact) mass is 292 g/mol. The van der Waals surface area contributed by atoms with Crippen LogP contribution in [0.3, 0.4) is 0 Å². The first-order valence-electron chi connectivity index (χ1n) is 6.73. The first kappa shape index (κ1) is 14.6. The van der Waals surface area contributed by atoms with Crippen LogP contribution in [0.2, 0.25) is 0 Å². The molecule has 0 aliphatic heterocycles. The Bertz CT molecular complexity index is 507. The maximum absolute atomic E-state index is 4.79. The van der Waals surface area contributed by atoms with E-state index in [2.05, 4.69) is 51.5 Å². The van der Waals surface area contributed by atoms with Gasteiger partial charge in [-0.1, -0.05) is 12.1 Å². The summed E-state index contributed by atoms with van der Waals surface area (Å²) in [4.78, 5) is 4.48. The number of nitrogens with one attached hydrogen (secondary N) is 2. The van der Waals surface area contributed by atoms with Crippen molar-refractivity contribution in [2.45, 2.75) is 26.3 Å². The molecule has 0 saturated carbocycles. The molecule has 0 aliphatic carbocycles. The molecule has 0 bridgehead atoms. The third-order valence-electron chi connectivity index (χ3n) is 2.92. The minimum atomic E-state index is 0.456. The van der Waals surface area contributed by atoms with Crippen LogP contribution in [0.4, 0.5) is 0 Å². The lowest BCUT2D eigenvalue weighted by atomic mass is 10.1. The Morgan fingerprint density at radius 1 is 1.45 bits per heavy atom. The summed E-state index contributed by atoms with van der Waals surface area (Å²) in [6.07, 6.45) is 1.56. The Morgan fingerprint density at radius 3 is 3.00 bits per heavy atom. The molecule has 0 radical (unpaired) electrons. The van der Waals surface area contributed by atoms with Crippen LogP contribution in [-0.2, 0) is 6.54 Å². The van der Waals surface area contributed by atoms with Gasteiger partial charge in [-0.15, -0.1) is 0 Å². The van der Waals surface area contributed by atoms with E-state index in [-0.39, 0.29) is 0 Å². The van der Waals surface area contributed by atoms with Gasteiger partial charge in [0.15, 0.2) is 5.96 Å².